The molecule has 0 aliphatic carbocycles. The van der Waals surface area contributed by atoms with Crippen molar-refractivity contribution in [2.24, 2.45) is 5.84 Å². The number of rotatable bonds is 3. The van der Waals surface area contributed by atoms with Crippen molar-refractivity contribution in [3.05, 3.63) is 53.3 Å². The van der Waals surface area contributed by atoms with E-state index in [0.29, 0.717) is 5.15 Å². The van der Waals surface area contributed by atoms with Crippen LogP contribution in [0.25, 0.3) is 0 Å². The smallest absolute Gasteiger partial charge is 0.129 e. The van der Waals surface area contributed by atoms with Crippen LogP contribution in [-0.2, 0) is 0 Å². The fourth-order valence-corrected chi connectivity index (χ4v) is 1.48. The molecule has 6 heteroatoms. The van der Waals surface area contributed by atoms with Crippen LogP contribution >= 0.6 is 11.6 Å². The molecule has 0 saturated heterocycles. The Morgan fingerprint density at radius 3 is 2.62 bits per heavy atom. The van der Waals surface area contributed by atoms with Gasteiger partial charge in [0.05, 0.1) is 17.9 Å². The predicted octanol–water partition coefficient (Wildman–Crippen LogP) is 1.08. The van der Waals surface area contributed by atoms with E-state index in [1.54, 1.807) is 30.9 Å². The van der Waals surface area contributed by atoms with E-state index in [4.69, 9.17) is 17.4 Å². The molecular formula is C10H10ClN5. The van der Waals surface area contributed by atoms with Crippen molar-refractivity contribution >= 4 is 11.6 Å². The molecule has 0 bridgehead atoms. The third-order valence-electron chi connectivity index (χ3n) is 2.13. The monoisotopic (exact) mass is 235 g/mol. The first-order chi connectivity index (χ1) is 7.81. The molecule has 2 aromatic heterocycles. The van der Waals surface area contributed by atoms with Gasteiger partial charge in [0.1, 0.15) is 5.15 Å². The molecule has 82 valence electrons. The van der Waals surface area contributed by atoms with Crippen molar-refractivity contribution in [3.63, 3.8) is 0 Å². The molecule has 0 amide bonds. The lowest BCUT2D eigenvalue weighted by Crippen LogP contribution is -2.29. The van der Waals surface area contributed by atoms with E-state index < -0.39 is 0 Å². The number of hydrogen-bond acceptors (Lipinski definition) is 5. The highest BCUT2D eigenvalue weighted by molar-refractivity contribution is 6.29. The summed E-state index contributed by atoms with van der Waals surface area (Å²) in [5.74, 6) is 5.50. The quantitative estimate of drug-likeness (QED) is 0.473. The van der Waals surface area contributed by atoms with Crippen LogP contribution in [-0.4, -0.2) is 15.0 Å². The third kappa shape index (κ3) is 2.33. The number of hydrazine groups is 1. The normalized spacial score (nSPS) is 12.4. The minimum Gasteiger partial charge on any atom is -0.271 e. The lowest BCUT2D eigenvalue weighted by atomic mass is 10.1. The molecule has 3 N–H and O–H groups in total. The van der Waals surface area contributed by atoms with Crippen molar-refractivity contribution in [1.82, 2.24) is 20.4 Å². The van der Waals surface area contributed by atoms with Crippen molar-refractivity contribution in [1.29, 1.82) is 0 Å². The Morgan fingerprint density at radius 2 is 2.06 bits per heavy atom. The van der Waals surface area contributed by atoms with Gasteiger partial charge in [-0.05, 0) is 11.6 Å². The van der Waals surface area contributed by atoms with Gasteiger partial charge in [0.2, 0.25) is 0 Å². The van der Waals surface area contributed by atoms with Crippen LogP contribution in [0, 0.1) is 0 Å². The zero-order chi connectivity index (χ0) is 11.4. The maximum atomic E-state index is 5.71. The molecule has 0 saturated carbocycles. The maximum Gasteiger partial charge on any atom is 0.129 e. The Balaban J connectivity index is 2.33. The Hall–Kier alpha value is -1.56. The van der Waals surface area contributed by atoms with Crippen LogP contribution in [0.2, 0.25) is 5.15 Å². The summed E-state index contributed by atoms with van der Waals surface area (Å²) in [5.41, 5.74) is 4.28. The summed E-state index contributed by atoms with van der Waals surface area (Å²) >= 11 is 5.71. The molecule has 2 aromatic rings. The van der Waals surface area contributed by atoms with Gasteiger partial charge in [0.15, 0.2) is 0 Å². The molecule has 0 spiro atoms. The Labute approximate surface area is 97.7 Å². The average Bonchev–Trinajstić information content (AvgIpc) is 2.34. The molecule has 0 aliphatic heterocycles. The predicted molar refractivity (Wildman–Crippen MR) is 60.4 cm³/mol. The molecule has 2 rings (SSSR count). The van der Waals surface area contributed by atoms with Crippen LogP contribution in [0.4, 0.5) is 0 Å². The summed E-state index contributed by atoms with van der Waals surface area (Å²) in [6.45, 7) is 0. The molecule has 16 heavy (non-hydrogen) atoms. The van der Waals surface area contributed by atoms with E-state index in [1.165, 1.54) is 0 Å². The molecule has 0 aromatic carbocycles. The molecule has 1 unspecified atom stereocenters. The number of nitrogens with one attached hydrogen (secondary N) is 1. The van der Waals surface area contributed by atoms with E-state index in [-0.39, 0.29) is 6.04 Å². The second kappa shape index (κ2) is 4.98. The van der Waals surface area contributed by atoms with Gasteiger partial charge in [-0.2, -0.15) is 0 Å². The van der Waals surface area contributed by atoms with Crippen molar-refractivity contribution in [3.8, 4) is 0 Å². The third-order valence-corrected chi connectivity index (χ3v) is 2.35. The Bertz CT molecular complexity index is 445. The lowest BCUT2D eigenvalue weighted by molar-refractivity contribution is 0.616. The molecule has 0 radical (unpaired) electrons. The minimum absolute atomic E-state index is 0.238. The minimum atomic E-state index is -0.238. The average molecular weight is 236 g/mol. The highest BCUT2D eigenvalue weighted by atomic mass is 35.5. The molecule has 1 atom stereocenters. The van der Waals surface area contributed by atoms with Gasteiger partial charge >= 0.3 is 0 Å². The van der Waals surface area contributed by atoms with Crippen LogP contribution < -0.4 is 11.3 Å². The van der Waals surface area contributed by atoms with Gasteiger partial charge in [-0.3, -0.25) is 15.8 Å². The zero-order valence-electron chi connectivity index (χ0n) is 8.34. The Kier molecular flexibility index (Phi) is 3.40. The number of hydrogen-bond donors (Lipinski definition) is 2. The van der Waals surface area contributed by atoms with Crippen LogP contribution in [0.1, 0.15) is 17.3 Å². The summed E-state index contributed by atoms with van der Waals surface area (Å²) in [5, 5.41) is 0.443. The first-order valence-electron chi connectivity index (χ1n) is 4.65. The summed E-state index contributed by atoms with van der Waals surface area (Å²) in [6.07, 6.45) is 6.53. The highest BCUT2D eigenvalue weighted by Gasteiger charge is 2.13. The van der Waals surface area contributed by atoms with E-state index >= 15 is 0 Å². The van der Waals surface area contributed by atoms with Crippen LogP contribution in [0.15, 0.2) is 36.9 Å². The van der Waals surface area contributed by atoms with Gasteiger partial charge in [0, 0.05) is 18.6 Å². The second-order valence-electron chi connectivity index (χ2n) is 3.14. The first-order valence-corrected chi connectivity index (χ1v) is 5.02. The van der Waals surface area contributed by atoms with Gasteiger partial charge < -0.3 is 0 Å². The summed E-state index contributed by atoms with van der Waals surface area (Å²) < 4.78 is 0. The molecule has 5 nitrogen and oxygen atoms in total. The number of halogens is 1. The largest absolute Gasteiger partial charge is 0.271 e. The highest BCUT2D eigenvalue weighted by Crippen LogP contribution is 2.18. The lowest BCUT2D eigenvalue weighted by Gasteiger charge is -2.14. The fraction of sp³-hybridized carbons (Fsp3) is 0.100. The number of pyridine rings is 1. The van der Waals surface area contributed by atoms with Crippen molar-refractivity contribution in [2.45, 2.75) is 6.04 Å². The number of aromatic nitrogens is 3. The SMILES string of the molecule is NNC(c1ccc(Cl)nc1)c1cnccn1. The molecule has 0 fully saturated rings. The number of nitrogens with zero attached hydrogens (tertiary/aromatic N) is 3. The topological polar surface area (TPSA) is 76.7 Å². The first kappa shape index (κ1) is 10.9. The summed E-state index contributed by atoms with van der Waals surface area (Å²) in [6, 6.07) is 3.31. The van der Waals surface area contributed by atoms with Gasteiger partial charge in [0.25, 0.3) is 0 Å². The van der Waals surface area contributed by atoms with Crippen LogP contribution in [0.5, 0.6) is 0 Å². The maximum absolute atomic E-state index is 5.71. The molecule has 0 aliphatic rings. The Morgan fingerprint density at radius 1 is 1.19 bits per heavy atom. The van der Waals surface area contributed by atoms with E-state index in [0.717, 1.165) is 11.3 Å². The standard InChI is InChI=1S/C10H10ClN5/c11-9-2-1-7(5-15-9)10(16-12)8-6-13-3-4-14-8/h1-6,10,16H,12H2. The van der Waals surface area contributed by atoms with E-state index in [9.17, 15) is 0 Å². The molecular weight excluding hydrogens is 226 g/mol. The van der Waals surface area contributed by atoms with Gasteiger partial charge in [-0.15, -0.1) is 0 Å². The van der Waals surface area contributed by atoms with E-state index in [2.05, 4.69) is 20.4 Å². The van der Waals surface area contributed by atoms with Crippen LogP contribution in [0.3, 0.4) is 0 Å². The number of nitrogens with two attached hydrogens (primary N) is 1. The van der Waals surface area contributed by atoms with Gasteiger partial charge in [-0.1, -0.05) is 17.7 Å². The second-order valence-corrected chi connectivity index (χ2v) is 3.53. The summed E-state index contributed by atoms with van der Waals surface area (Å²) in [4.78, 5) is 12.2. The fourth-order valence-electron chi connectivity index (χ4n) is 1.37. The van der Waals surface area contributed by atoms with Crippen molar-refractivity contribution < 1.29 is 0 Å². The van der Waals surface area contributed by atoms with Gasteiger partial charge in [-0.25, -0.2) is 10.4 Å². The zero-order valence-corrected chi connectivity index (χ0v) is 9.09. The summed E-state index contributed by atoms with van der Waals surface area (Å²) in [7, 11) is 0. The van der Waals surface area contributed by atoms with Crippen molar-refractivity contribution in [2.75, 3.05) is 0 Å². The molecule has 2 heterocycles. The van der Waals surface area contributed by atoms with E-state index in [1.807, 2.05) is 6.07 Å².